The number of hydrogen-bond donors (Lipinski definition) is 2. The summed E-state index contributed by atoms with van der Waals surface area (Å²) < 4.78 is 0. The van der Waals surface area contributed by atoms with E-state index in [2.05, 4.69) is 10.6 Å². The van der Waals surface area contributed by atoms with Gasteiger partial charge in [-0.15, -0.1) is 24.2 Å². The number of likely N-dealkylation sites (tertiary alicyclic amines) is 1. The minimum absolute atomic E-state index is 0. The molecule has 2 fully saturated rings. The number of nitrogens with one attached hydrogen (secondary N) is 2. The van der Waals surface area contributed by atoms with Gasteiger partial charge in [-0.3, -0.25) is 9.59 Å². The minimum atomic E-state index is -0.146. The van der Waals surface area contributed by atoms with E-state index in [1.807, 2.05) is 41.5 Å². The van der Waals surface area contributed by atoms with Crippen molar-refractivity contribution in [3.63, 3.8) is 0 Å². The highest BCUT2D eigenvalue weighted by Gasteiger charge is 2.30. The lowest BCUT2D eigenvalue weighted by Gasteiger charge is -2.35. The maximum absolute atomic E-state index is 13.0. The lowest BCUT2D eigenvalue weighted by atomic mass is 9.97. The number of amides is 2. The monoisotopic (exact) mass is 411 g/mol. The highest BCUT2D eigenvalue weighted by Crippen LogP contribution is 2.30. The third-order valence-electron chi connectivity index (χ3n) is 5.33. The van der Waals surface area contributed by atoms with E-state index < -0.39 is 0 Å². The molecule has 0 aliphatic carbocycles. The average molecular weight is 412 g/mol. The minimum Gasteiger partial charge on any atom is -0.354 e. The molecule has 0 saturated carbocycles. The van der Waals surface area contributed by atoms with Crippen molar-refractivity contribution >= 4 is 36.0 Å². The molecular weight excluding hydrogens is 382 g/mol. The summed E-state index contributed by atoms with van der Waals surface area (Å²) in [6, 6.07) is 9.96. The van der Waals surface area contributed by atoms with Gasteiger partial charge in [0.1, 0.15) is 5.25 Å². The number of halogens is 1. The second kappa shape index (κ2) is 10.9. The van der Waals surface area contributed by atoms with E-state index in [0.717, 1.165) is 50.9 Å². The van der Waals surface area contributed by atoms with Crippen LogP contribution < -0.4 is 10.6 Å². The summed E-state index contributed by atoms with van der Waals surface area (Å²) in [5, 5.41) is 6.17. The fraction of sp³-hybridized carbons (Fsp3) is 0.600. The fourth-order valence-electron chi connectivity index (χ4n) is 3.88. The van der Waals surface area contributed by atoms with Crippen molar-refractivity contribution in [2.24, 2.45) is 5.92 Å². The van der Waals surface area contributed by atoms with Crippen molar-refractivity contribution in [1.82, 2.24) is 15.5 Å². The van der Waals surface area contributed by atoms with Crippen LogP contribution in [-0.4, -0.2) is 55.2 Å². The van der Waals surface area contributed by atoms with Gasteiger partial charge in [-0.25, -0.2) is 0 Å². The summed E-state index contributed by atoms with van der Waals surface area (Å²) in [7, 11) is 0. The molecular formula is C20H30ClN3O2S. The highest BCUT2D eigenvalue weighted by molar-refractivity contribution is 7.99. The van der Waals surface area contributed by atoms with Gasteiger partial charge in [0.2, 0.25) is 11.8 Å². The zero-order valence-electron chi connectivity index (χ0n) is 15.9. The molecule has 2 amide bonds. The molecule has 0 bridgehead atoms. The number of rotatable bonds is 6. The van der Waals surface area contributed by atoms with Crippen LogP contribution in [0.1, 0.15) is 36.5 Å². The second-order valence-electron chi connectivity index (χ2n) is 7.21. The number of benzene rings is 1. The number of thioether (sulfide) groups is 1. The number of carbonyl (C=O) groups excluding carboxylic acids is 2. The molecule has 150 valence electrons. The van der Waals surface area contributed by atoms with Crippen LogP contribution in [0.25, 0.3) is 0 Å². The molecule has 3 rings (SSSR count). The summed E-state index contributed by atoms with van der Waals surface area (Å²) in [6.45, 7) is 3.15. The standard InChI is InChI=1S/C20H29N3O2S.ClH/c1-26-18(16-8-3-2-4-9-16)20(25)23-12-6-7-15(14-23)13-22-19(24)17-10-5-11-21-17;/h2-4,8-9,15,17-18,21H,5-7,10-14H2,1H3,(H,22,24);1H. The molecule has 3 atom stereocenters. The molecule has 3 unspecified atom stereocenters. The van der Waals surface area contributed by atoms with Crippen LogP contribution in [-0.2, 0) is 9.59 Å². The van der Waals surface area contributed by atoms with Crippen LogP contribution in [0, 0.1) is 5.92 Å². The van der Waals surface area contributed by atoms with Gasteiger partial charge in [0, 0.05) is 19.6 Å². The number of carbonyl (C=O) groups is 2. The number of piperidine rings is 1. The van der Waals surface area contributed by atoms with Crippen molar-refractivity contribution in [2.45, 2.75) is 37.0 Å². The number of nitrogens with zero attached hydrogens (tertiary/aromatic N) is 1. The third kappa shape index (κ3) is 5.87. The third-order valence-corrected chi connectivity index (χ3v) is 6.28. The van der Waals surface area contributed by atoms with E-state index in [-0.39, 0.29) is 35.5 Å². The molecule has 0 radical (unpaired) electrons. The predicted molar refractivity (Wildman–Crippen MR) is 113 cm³/mol. The Kier molecular flexibility index (Phi) is 8.93. The first-order chi connectivity index (χ1) is 12.7. The quantitative estimate of drug-likeness (QED) is 0.755. The first kappa shape index (κ1) is 22.1. The molecule has 2 aliphatic heterocycles. The molecule has 2 saturated heterocycles. The summed E-state index contributed by atoms with van der Waals surface area (Å²) in [5.41, 5.74) is 1.06. The Morgan fingerprint density at radius 2 is 2.04 bits per heavy atom. The molecule has 2 heterocycles. The van der Waals surface area contributed by atoms with Gasteiger partial charge in [0.15, 0.2) is 0 Å². The smallest absolute Gasteiger partial charge is 0.240 e. The maximum Gasteiger partial charge on any atom is 0.240 e. The Hall–Kier alpha value is -1.24. The molecule has 7 heteroatoms. The highest BCUT2D eigenvalue weighted by atomic mass is 35.5. The fourth-order valence-corrected chi connectivity index (χ4v) is 4.66. The van der Waals surface area contributed by atoms with Crippen molar-refractivity contribution in [1.29, 1.82) is 0 Å². The molecule has 27 heavy (non-hydrogen) atoms. The van der Waals surface area contributed by atoms with Crippen molar-refractivity contribution in [3.05, 3.63) is 35.9 Å². The van der Waals surface area contributed by atoms with Gasteiger partial charge in [0.05, 0.1) is 6.04 Å². The van der Waals surface area contributed by atoms with E-state index in [1.165, 1.54) is 0 Å². The van der Waals surface area contributed by atoms with Crippen LogP contribution in [0.4, 0.5) is 0 Å². The summed E-state index contributed by atoms with van der Waals surface area (Å²) in [6.07, 6.45) is 6.06. The zero-order valence-corrected chi connectivity index (χ0v) is 17.5. The van der Waals surface area contributed by atoms with Gasteiger partial charge < -0.3 is 15.5 Å². The van der Waals surface area contributed by atoms with Crippen molar-refractivity contribution in [2.75, 3.05) is 32.4 Å². The van der Waals surface area contributed by atoms with Gasteiger partial charge >= 0.3 is 0 Å². The van der Waals surface area contributed by atoms with E-state index in [4.69, 9.17) is 0 Å². The van der Waals surface area contributed by atoms with E-state index in [1.54, 1.807) is 11.8 Å². The van der Waals surface area contributed by atoms with E-state index >= 15 is 0 Å². The van der Waals surface area contributed by atoms with Crippen LogP contribution in [0.15, 0.2) is 30.3 Å². The topological polar surface area (TPSA) is 61.4 Å². The van der Waals surface area contributed by atoms with Crippen LogP contribution in [0.3, 0.4) is 0 Å². The van der Waals surface area contributed by atoms with Gasteiger partial charge in [-0.2, -0.15) is 0 Å². The number of hydrogen-bond acceptors (Lipinski definition) is 4. The maximum atomic E-state index is 13.0. The van der Waals surface area contributed by atoms with Crippen molar-refractivity contribution in [3.8, 4) is 0 Å². The molecule has 2 aliphatic rings. The van der Waals surface area contributed by atoms with Gasteiger partial charge in [0.25, 0.3) is 0 Å². The average Bonchev–Trinajstić information content (AvgIpc) is 3.23. The first-order valence-corrected chi connectivity index (χ1v) is 10.9. The Morgan fingerprint density at radius 3 is 2.70 bits per heavy atom. The Morgan fingerprint density at radius 1 is 1.26 bits per heavy atom. The summed E-state index contributed by atoms with van der Waals surface area (Å²) in [4.78, 5) is 27.2. The lowest BCUT2D eigenvalue weighted by molar-refractivity contribution is -0.132. The van der Waals surface area contributed by atoms with Crippen LogP contribution >= 0.6 is 24.2 Å². The van der Waals surface area contributed by atoms with Gasteiger partial charge in [-0.05, 0) is 50.0 Å². The molecule has 1 aromatic rings. The van der Waals surface area contributed by atoms with Gasteiger partial charge in [-0.1, -0.05) is 30.3 Å². The Bertz CT molecular complexity index is 611. The van der Waals surface area contributed by atoms with Crippen LogP contribution in [0.5, 0.6) is 0 Å². The van der Waals surface area contributed by atoms with E-state index in [9.17, 15) is 9.59 Å². The van der Waals surface area contributed by atoms with E-state index in [0.29, 0.717) is 12.5 Å². The SMILES string of the molecule is CSC(C(=O)N1CCCC(CNC(=O)C2CCCN2)C1)c1ccccc1.Cl. The molecule has 2 N–H and O–H groups in total. The molecule has 0 aromatic heterocycles. The van der Waals surface area contributed by atoms with Crippen LogP contribution in [0.2, 0.25) is 0 Å². The van der Waals surface area contributed by atoms with Crippen molar-refractivity contribution < 1.29 is 9.59 Å². The second-order valence-corrected chi connectivity index (χ2v) is 8.16. The summed E-state index contributed by atoms with van der Waals surface area (Å²) >= 11 is 1.59. The normalized spacial score (nSPS) is 23.4. The Balaban J connectivity index is 0.00000261. The molecule has 5 nitrogen and oxygen atoms in total. The molecule has 0 spiro atoms. The summed E-state index contributed by atoms with van der Waals surface area (Å²) in [5.74, 6) is 0.644. The molecule has 1 aromatic carbocycles. The largest absolute Gasteiger partial charge is 0.354 e. The first-order valence-electron chi connectivity index (χ1n) is 9.56. The predicted octanol–water partition coefficient (Wildman–Crippen LogP) is 2.62. The Labute approximate surface area is 172 Å². The lowest BCUT2D eigenvalue weighted by Crippen LogP contribution is -2.47. The zero-order chi connectivity index (χ0) is 18.4.